The van der Waals surface area contributed by atoms with Gasteiger partial charge in [0, 0.05) is 10.9 Å². The SMILES string of the molecule is c1ccc2c(-c3ccc4c5ccccc5c5ccccc5c4c3)cc(-c3ccc4c5ccccc5c5ccccc5c4c3)nc2c1. The molecule has 1 heterocycles. The largest absolute Gasteiger partial charge is 0.248 e. The smallest absolute Gasteiger partial charge is 0.0716 e. The van der Waals surface area contributed by atoms with Gasteiger partial charge in [0.25, 0.3) is 0 Å². The van der Waals surface area contributed by atoms with Crippen LogP contribution in [-0.2, 0) is 0 Å². The van der Waals surface area contributed by atoms with Gasteiger partial charge in [-0.15, -0.1) is 0 Å². The van der Waals surface area contributed by atoms with Gasteiger partial charge in [-0.1, -0.05) is 140 Å². The van der Waals surface area contributed by atoms with Gasteiger partial charge in [0.2, 0.25) is 0 Å². The predicted molar refractivity (Wildman–Crippen MR) is 198 cm³/mol. The molecule has 0 bridgehead atoms. The van der Waals surface area contributed by atoms with Crippen molar-refractivity contribution in [3.05, 3.63) is 164 Å². The summed E-state index contributed by atoms with van der Waals surface area (Å²) in [6.07, 6.45) is 0. The zero-order valence-corrected chi connectivity index (χ0v) is 25.0. The summed E-state index contributed by atoms with van der Waals surface area (Å²) in [6, 6.07) is 59.7. The fourth-order valence-electron chi connectivity index (χ4n) is 7.70. The topological polar surface area (TPSA) is 12.9 Å². The molecular formula is C45H27N. The minimum absolute atomic E-state index is 0.983. The van der Waals surface area contributed by atoms with Gasteiger partial charge < -0.3 is 0 Å². The summed E-state index contributed by atoms with van der Waals surface area (Å²) in [5.74, 6) is 0. The highest BCUT2D eigenvalue weighted by Gasteiger charge is 2.15. The molecule has 0 saturated heterocycles. The van der Waals surface area contributed by atoms with E-state index in [1.54, 1.807) is 0 Å². The second-order valence-electron chi connectivity index (χ2n) is 12.3. The molecule has 0 aliphatic carbocycles. The number of hydrogen-bond acceptors (Lipinski definition) is 1. The monoisotopic (exact) mass is 581 g/mol. The average Bonchev–Trinajstić information content (AvgIpc) is 3.14. The molecule has 0 saturated carbocycles. The lowest BCUT2D eigenvalue weighted by Crippen LogP contribution is -1.91. The second kappa shape index (κ2) is 9.72. The minimum Gasteiger partial charge on any atom is -0.248 e. The van der Waals surface area contributed by atoms with Crippen LogP contribution in [0.2, 0.25) is 0 Å². The summed E-state index contributed by atoms with van der Waals surface area (Å²) in [4.78, 5) is 5.23. The highest BCUT2D eigenvalue weighted by molar-refractivity contribution is 6.27. The molecule has 1 nitrogen and oxygen atoms in total. The summed E-state index contributed by atoms with van der Waals surface area (Å²) in [7, 11) is 0. The normalized spacial score (nSPS) is 11.9. The number of aromatic nitrogens is 1. The standard InChI is InChI=1S/C45H27N/c1-3-15-34-30(11-1)32-13-5-7-17-36(32)42-25-28(21-23-38(34)42)41-27-45(46-44-20-10-9-19-40(41)44)29-22-24-39-35-16-4-2-12-31(35)33-14-6-8-18-37(33)43(39)26-29/h1-27H. The van der Waals surface area contributed by atoms with Crippen LogP contribution < -0.4 is 0 Å². The molecule has 0 amide bonds. The molecule has 0 aliphatic heterocycles. The summed E-state index contributed by atoms with van der Waals surface area (Å²) in [5.41, 5.74) is 5.50. The third-order valence-electron chi connectivity index (χ3n) is 9.81. The van der Waals surface area contributed by atoms with Crippen LogP contribution >= 0.6 is 0 Å². The van der Waals surface area contributed by atoms with Crippen molar-refractivity contribution in [2.75, 3.05) is 0 Å². The van der Waals surface area contributed by atoms with E-state index in [1.807, 2.05) is 0 Å². The fraction of sp³-hybridized carbons (Fsp3) is 0. The van der Waals surface area contributed by atoms with Crippen LogP contribution in [0.5, 0.6) is 0 Å². The van der Waals surface area contributed by atoms with E-state index >= 15 is 0 Å². The summed E-state index contributed by atoms with van der Waals surface area (Å²) >= 11 is 0. The van der Waals surface area contributed by atoms with Crippen LogP contribution in [0, 0.1) is 0 Å². The number of hydrogen-bond donors (Lipinski definition) is 0. The first-order valence-electron chi connectivity index (χ1n) is 15.9. The Hall–Kier alpha value is -6.05. The zero-order chi connectivity index (χ0) is 30.2. The van der Waals surface area contributed by atoms with E-state index in [2.05, 4.69) is 164 Å². The van der Waals surface area contributed by atoms with E-state index in [4.69, 9.17) is 4.98 Å². The van der Waals surface area contributed by atoms with Crippen molar-refractivity contribution in [1.29, 1.82) is 0 Å². The first-order chi connectivity index (χ1) is 22.8. The fourth-order valence-corrected chi connectivity index (χ4v) is 7.70. The molecule has 46 heavy (non-hydrogen) atoms. The third-order valence-corrected chi connectivity index (χ3v) is 9.81. The van der Waals surface area contributed by atoms with E-state index in [9.17, 15) is 0 Å². The van der Waals surface area contributed by atoms with Crippen molar-refractivity contribution in [3.8, 4) is 22.4 Å². The molecular weight excluding hydrogens is 555 g/mol. The highest BCUT2D eigenvalue weighted by Crippen LogP contribution is 2.41. The molecule has 0 spiro atoms. The maximum atomic E-state index is 5.23. The van der Waals surface area contributed by atoms with Crippen LogP contribution in [0.4, 0.5) is 0 Å². The van der Waals surface area contributed by atoms with Crippen molar-refractivity contribution < 1.29 is 0 Å². The Labute approximate surface area is 266 Å². The molecule has 1 aromatic heterocycles. The molecule has 10 aromatic rings. The molecule has 0 radical (unpaired) electrons. The molecule has 0 N–H and O–H groups in total. The highest BCUT2D eigenvalue weighted by atomic mass is 14.7. The molecule has 0 aliphatic rings. The quantitative estimate of drug-likeness (QED) is 0.185. The maximum absolute atomic E-state index is 5.23. The Morgan fingerprint density at radius 2 is 0.609 bits per heavy atom. The van der Waals surface area contributed by atoms with E-state index in [1.165, 1.54) is 75.8 Å². The van der Waals surface area contributed by atoms with Crippen molar-refractivity contribution in [2.45, 2.75) is 0 Å². The Morgan fingerprint density at radius 3 is 1.09 bits per heavy atom. The number of pyridine rings is 1. The Balaban J connectivity index is 1.24. The Morgan fingerprint density at radius 1 is 0.261 bits per heavy atom. The van der Waals surface area contributed by atoms with Crippen LogP contribution in [0.25, 0.3) is 97.9 Å². The first-order valence-corrected chi connectivity index (χ1v) is 15.9. The lowest BCUT2D eigenvalue weighted by molar-refractivity contribution is 1.40. The molecule has 1 heteroatoms. The minimum atomic E-state index is 0.983. The number of rotatable bonds is 2. The van der Waals surface area contributed by atoms with E-state index in [-0.39, 0.29) is 0 Å². The number of para-hydroxylation sites is 1. The van der Waals surface area contributed by atoms with Crippen LogP contribution in [-0.4, -0.2) is 4.98 Å². The summed E-state index contributed by atoms with van der Waals surface area (Å²) in [6.45, 7) is 0. The van der Waals surface area contributed by atoms with Gasteiger partial charge >= 0.3 is 0 Å². The first kappa shape index (κ1) is 25.3. The van der Waals surface area contributed by atoms with Crippen molar-refractivity contribution in [3.63, 3.8) is 0 Å². The number of nitrogens with zero attached hydrogens (tertiary/aromatic N) is 1. The van der Waals surface area contributed by atoms with Gasteiger partial charge in [-0.3, -0.25) is 0 Å². The molecule has 9 aromatic carbocycles. The lowest BCUT2D eigenvalue weighted by atomic mass is 9.90. The van der Waals surface area contributed by atoms with Gasteiger partial charge in [-0.05, 0) is 100 Å². The van der Waals surface area contributed by atoms with Gasteiger partial charge in [0.15, 0.2) is 0 Å². The number of fused-ring (bicyclic) bond motifs is 13. The van der Waals surface area contributed by atoms with Crippen LogP contribution in [0.1, 0.15) is 0 Å². The van der Waals surface area contributed by atoms with Crippen molar-refractivity contribution >= 4 is 75.5 Å². The van der Waals surface area contributed by atoms with E-state index in [0.29, 0.717) is 0 Å². The van der Waals surface area contributed by atoms with Gasteiger partial charge in [-0.25, -0.2) is 4.98 Å². The van der Waals surface area contributed by atoms with Gasteiger partial charge in [-0.2, -0.15) is 0 Å². The van der Waals surface area contributed by atoms with E-state index < -0.39 is 0 Å². The van der Waals surface area contributed by atoms with Crippen LogP contribution in [0.15, 0.2) is 164 Å². The summed E-state index contributed by atoms with van der Waals surface area (Å²) < 4.78 is 0. The Kier molecular flexibility index (Phi) is 5.35. The van der Waals surface area contributed by atoms with E-state index in [0.717, 1.165) is 22.2 Å². The summed E-state index contributed by atoms with van der Waals surface area (Å²) in [5, 5.41) is 16.5. The average molecular weight is 582 g/mol. The molecule has 0 fully saturated rings. The molecule has 0 unspecified atom stereocenters. The Bertz CT molecular complexity index is 2790. The lowest BCUT2D eigenvalue weighted by Gasteiger charge is -2.15. The third kappa shape index (κ3) is 3.66. The van der Waals surface area contributed by atoms with Crippen molar-refractivity contribution in [1.82, 2.24) is 4.98 Å². The van der Waals surface area contributed by atoms with Crippen molar-refractivity contribution in [2.24, 2.45) is 0 Å². The molecule has 0 atom stereocenters. The number of benzene rings is 9. The zero-order valence-electron chi connectivity index (χ0n) is 25.0. The molecule has 10 rings (SSSR count). The van der Waals surface area contributed by atoms with Gasteiger partial charge in [0.1, 0.15) is 0 Å². The molecule has 212 valence electrons. The maximum Gasteiger partial charge on any atom is 0.0716 e. The predicted octanol–water partition coefficient (Wildman–Crippen LogP) is 12.5. The van der Waals surface area contributed by atoms with Gasteiger partial charge in [0.05, 0.1) is 11.2 Å². The van der Waals surface area contributed by atoms with Crippen LogP contribution in [0.3, 0.4) is 0 Å². The second-order valence-corrected chi connectivity index (χ2v) is 12.3.